The summed E-state index contributed by atoms with van der Waals surface area (Å²) in [6.45, 7) is 9.92. The van der Waals surface area contributed by atoms with E-state index < -0.39 is 0 Å². The van der Waals surface area contributed by atoms with Crippen LogP contribution in [0.15, 0.2) is 12.6 Å². The van der Waals surface area contributed by atoms with Crippen molar-refractivity contribution in [2.24, 2.45) is 0 Å². The standard InChI is InChI=1S/C14H15N3O/c1-5-10-6-11(7-15)16-13-12(10)17(9(2)18)8-14(13,3)4/h5-6H,1,8H2,2-4H3. The normalized spacial score (nSPS) is 16.0. The Morgan fingerprint density at radius 1 is 1.67 bits per heavy atom. The zero-order chi connectivity index (χ0) is 13.5. The Bertz CT molecular complexity index is 581. The second-order valence-electron chi connectivity index (χ2n) is 5.10. The lowest BCUT2D eigenvalue weighted by Crippen LogP contribution is -2.32. The van der Waals surface area contributed by atoms with E-state index in [1.54, 1.807) is 17.0 Å². The number of nitriles is 1. The van der Waals surface area contributed by atoms with Crippen molar-refractivity contribution in [1.82, 2.24) is 4.98 Å². The average molecular weight is 241 g/mol. The van der Waals surface area contributed by atoms with Gasteiger partial charge in [-0.1, -0.05) is 26.5 Å². The van der Waals surface area contributed by atoms with Gasteiger partial charge in [-0.05, 0) is 6.07 Å². The number of carbonyl (C=O) groups excluding carboxylic acids is 1. The van der Waals surface area contributed by atoms with Gasteiger partial charge in [0.15, 0.2) is 0 Å². The quantitative estimate of drug-likeness (QED) is 0.757. The largest absolute Gasteiger partial charge is 0.309 e. The molecule has 0 N–H and O–H groups in total. The molecule has 92 valence electrons. The van der Waals surface area contributed by atoms with Crippen LogP contribution in [0, 0.1) is 11.3 Å². The monoisotopic (exact) mass is 241 g/mol. The molecule has 0 radical (unpaired) electrons. The highest BCUT2D eigenvalue weighted by Crippen LogP contribution is 2.42. The third-order valence-electron chi connectivity index (χ3n) is 3.20. The Morgan fingerprint density at radius 3 is 2.83 bits per heavy atom. The van der Waals surface area contributed by atoms with E-state index in [2.05, 4.69) is 17.6 Å². The topological polar surface area (TPSA) is 57.0 Å². The van der Waals surface area contributed by atoms with Crippen LogP contribution in [0.2, 0.25) is 0 Å². The summed E-state index contributed by atoms with van der Waals surface area (Å²) >= 11 is 0. The Kier molecular flexibility index (Phi) is 2.70. The molecule has 18 heavy (non-hydrogen) atoms. The molecule has 4 nitrogen and oxygen atoms in total. The zero-order valence-electron chi connectivity index (χ0n) is 10.8. The van der Waals surface area contributed by atoms with Gasteiger partial charge < -0.3 is 4.90 Å². The summed E-state index contributed by atoms with van der Waals surface area (Å²) in [5.41, 5.74) is 2.50. The highest BCUT2D eigenvalue weighted by Gasteiger charge is 2.40. The lowest BCUT2D eigenvalue weighted by atomic mass is 9.90. The first kappa shape index (κ1) is 12.3. The van der Waals surface area contributed by atoms with Crippen LogP contribution in [0.3, 0.4) is 0 Å². The lowest BCUT2D eigenvalue weighted by molar-refractivity contribution is -0.116. The van der Waals surface area contributed by atoms with Crippen LogP contribution in [0.1, 0.15) is 37.7 Å². The van der Waals surface area contributed by atoms with E-state index in [0.717, 1.165) is 16.9 Å². The van der Waals surface area contributed by atoms with E-state index in [1.807, 2.05) is 13.8 Å². The third kappa shape index (κ3) is 1.68. The van der Waals surface area contributed by atoms with E-state index in [1.165, 1.54) is 6.92 Å². The summed E-state index contributed by atoms with van der Waals surface area (Å²) in [5, 5.41) is 9.01. The maximum atomic E-state index is 11.7. The zero-order valence-corrected chi connectivity index (χ0v) is 10.8. The number of nitrogens with zero attached hydrogens (tertiary/aromatic N) is 3. The molecule has 0 atom stereocenters. The third-order valence-corrected chi connectivity index (χ3v) is 3.20. The fourth-order valence-electron chi connectivity index (χ4n) is 2.34. The Labute approximate surface area is 107 Å². The fourth-order valence-corrected chi connectivity index (χ4v) is 2.34. The molecular weight excluding hydrogens is 226 g/mol. The number of fused-ring (bicyclic) bond motifs is 1. The highest BCUT2D eigenvalue weighted by molar-refractivity contribution is 5.96. The molecule has 1 amide bonds. The van der Waals surface area contributed by atoms with Crippen LogP contribution in [0.4, 0.5) is 5.69 Å². The first-order chi connectivity index (χ1) is 8.40. The van der Waals surface area contributed by atoms with E-state index in [4.69, 9.17) is 5.26 Å². The second-order valence-corrected chi connectivity index (χ2v) is 5.10. The van der Waals surface area contributed by atoms with Crippen molar-refractivity contribution in [2.45, 2.75) is 26.2 Å². The minimum absolute atomic E-state index is 0.0172. The molecule has 0 unspecified atom stereocenters. The molecule has 2 rings (SSSR count). The molecule has 0 aliphatic carbocycles. The maximum Gasteiger partial charge on any atom is 0.223 e. The van der Waals surface area contributed by atoms with Crippen LogP contribution in [-0.2, 0) is 10.2 Å². The molecule has 1 aliphatic heterocycles. The number of carbonyl (C=O) groups is 1. The molecule has 0 saturated carbocycles. The number of hydrogen-bond acceptors (Lipinski definition) is 3. The summed E-state index contributed by atoms with van der Waals surface area (Å²) in [5.74, 6) is -0.0172. The van der Waals surface area contributed by atoms with Gasteiger partial charge in [0, 0.05) is 24.4 Å². The van der Waals surface area contributed by atoms with E-state index >= 15 is 0 Å². The molecule has 0 bridgehead atoms. The van der Waals surface area contributed by atoms with Crippen LogP contribution < -0.4 is 4.90 Å². The van der Waals surface area contributed by atoms with Gasteiger partial charge in [0.25, 0.3) is 0 Å². The van der Waals surface area contributed by atoms with Crippen molar-refractivity contribution >= 4 is 17.7 Å². The summed E-state index contributed by atoms with van der Waals surface area (Å²) in [7, 11) is 0. The smallest absolute Gasteiger partial charge is 0.223 e. The van der Waals surface area contributed by atoms with Gasteiger partial charge >= 0.3 is 0 Å². The van der Waals surface area contributed by atoms with Crippen LogP contribution in [0.5, 0.6) is 0 Å². The first-order valence-electron chi connectivity index (χ1n) is 5.77. The van der Waals surface area contributed by atoms with Gasteiger partial charge in [0.2, 0.25) is 5.91 Å². The summed E-state index contributed by atoms with van der Waals surface area (Å²) in [6, 6.07) is 3.72. The molecule has 0 aromatic carbocycles. The summed E-state index contributed by atoms with van der Waals surface area (Å²) in [6.07, 6.45) is 1.67. The number of rotatable bonds is 1. The first-order valence-corrected chi connectivity index (χ1v) is 5.77. The lowest BCUT2D eigenvalue weighted by Gasteiger charge is -2.18. The predicted molar refractivity (Wildman–Crippen MR) is 70.1 cm³/mol. The van der Waals surface area contributed by atoms with Gasteiger partial charge in [0.1, 0.15) is 11.8 Å². The van der Waals surface area contributed by atoms with Gasteiger partial charge in [-0.2, -0.15) is 5.26 Å². The van der Waals surface area contributed by atoms with Crippen molar-refractivity contribution in [3.8, 4) is 6.07 Å². The second kappa shape index (κ2) is 3.95. The average Bonchev–Trinajstić information content (AvgIpc) is 2.61. The molecule has 2 heterocycles. The number of pyridine rings is 1. The van der Waals surface area contributed by atoms with E-state index in [-0.39, 0.29) is 11.3 Å². The van der Waals surface area contributed by atoms with Gasteiger partial charge in [-0.25, -0.2) is 4.98 Å². The van der Waals surface area contributed by atoms with Gasteiger partial charge in [0.05, 0.1) is 11.4 Å². The van der Waals surface area contributed by atoms with Crippen molar-refractivity contribution < 1.29 is 4.79 Å². The predicted octanol–water partition coefficient (Wildman–Crippen LogP) is 2.24. The molecule has 0 spiro atoms. The molecule has 1 aromatic rings. The molecule has 4 heteroatoms. The van der Waals surface area contributed by atoms with Crippen molar-refractivity contribution in [1.29, 1.82) is 5.26 Å². The number of anilines is 1. The van der Waals surface area contributed by atoms with E-state index in [9.17, 15) is 4.79 Å². The van der Waals surface area contributed by atoms with Gasteiger partial charge in [-0.3, -0.25) is 4.79 Å². The molecule has 0 fully saturated rings. The van der Waals surface area contributed by atoms with Crippen LogP contribution in [-0.4, -0.2) is 17.4 Å². The Hall–Kier alpha value is -2.15. The summed E-state index contributed by atoms with van der Waals surface area (Å²) in [4.78, 5) is 17.8. The molecule has 1 aliphatic rings. The minimum atomic E-state index is -0.244. The minimum Gasteiger partial charge on any atom is -0.309 e. The van der Waals surface area contributed by atoms with E-state index in [0.29, 0.717) is 12.2 Å². The van der Waals surface area contributed by atoms with Crippen LogP contribution in [0.25, 0.3) is 6.08 Å². The molecule has 0 saturated heterocycles. The van der Waals surface area contributed by atoms with Crippen molar-refractivity contribution in [3.63, 3.8) is 0 Å². The van der Waals surface area contributed by atoms with Crippen molar-refractivity contribution in [3.05, 3.63) is 29.6 Å². The van der Waals surface area contributed by atoms with Gasteiger partial charge in [-0.15, -0.1) is 0 Å². The summed E-state index contributed by atoms with van der Waals surface area (Å²) < 4.78 is 0. The number of hydrogen-bond donors (Lipinski definition) is 0. The molecular formula is C14H15N3O. The maximum absolute atomic E-state index is 11.7. The molecule has 1 aromatic heterocycles. The Balaban J connectivity index is 2.76. The highest BCUT2D eigenvalue weighted by atomic mass is 16.2. The SMILES string of the molecule is C=Cc1cc(C#N)nc2c1N(C(C)=O)CC2(C)C. The number of amides is 1. The fraction of sp³-hybridized carbons (Fsp3) is 0.357. The van der Waals surface area contributed by atoms with Crippen molar-refractivity contribution in [2.75, 3.05) is 11.4 Å². The Morgan fingerprint density at radius 2 is 2.33 bits per heavy atom. The number of aromatic nitrogens is 1. The van der Waals surface area contributed by atoms with Crippen LogP contribution >= 0.6 is 0 Å².